The first kappa shape index (κ1) is 26.1. The van der Waals surface area contributed by atoms with Gasteiger partial charge in [-0.25, -0.2) is 9.59 Å². The molecule has 0 bridgehead atoms. The van der Waals surface area contributed by atoms with Gasteiger partial charge in [0.25, 0.3) is 0 Å². The lowest BCUT2D eigenvalue weighted by Crippen LogP contribution is -2.24. The van der Waals surface area contributed by atoms with Crippen LogP contribution in [0.2, 0.25) is 0 Å². The molecule has 0 radical (unpaired) electrons. The van der Waals surface area contributed by atoms with Crippen LogP contribution in [0.25, 0.3) is 17.0 Å². The number of ether oxygens (including phenoxy) is 3. The number of methoxy groups -OCH3 is 2. The molecule has 0 atom stereocenters. The molecule has 0 unspecified atom stereocenters. The highest BCUT2D eigenvalue weighted by molar-refractivity contribution is 5.95. The number of carbonyl (C=O) groups excluding carboxylic acids is 2. The third-order valence-corrected chi connectivity index (χ3v) is 5.65. The smallest absolute Gasteiger partial charge is 0.337 e. The van der Waals surface area contributed by atoms with E-state index in [1.54, 1.807) is 26.2 Å². The van der Waals surface area contributed by atoms with Crippen LogP contribution >= 0.6 is 0 Å². The Hall–Kier alpha value is -3.54. The van der Waals surface area contributed by atoms with Crippen molar-refractivity contribution in [1.29, 1.82) is 0 Å². The molecule has 3 aromatic rings. The molecular formula is C29H35NO5. The lowest BCUT2D eigenvalue weighted by Gasteiger charge is -2.19. The maximum Gasteiger partial charge on any atom is 0.337 e. The van der Waals surface area contributed by atoms with Crippen molar-refractivity contribution in [3.05, 3.63) is 70.4 Å². The van der Waals surface area contributed by atoms with Gasteiger partial charge in [-0.2, -0.15) is 0 Å². The Bertz CT molecular complexity index is 1260. The fraction of sp³-hybridized carbons (Fsp3) is 0.379. The highest BCUT2D eigenvalue weighted by Crippen LogP contribution is 2.30. The van der Waals surface area contributed by atoms with Crippen LogP contribution in [0.15, 0.2) is 48.2 Å². The summed E-state index contributed by atoms with van der Waals surface area (Å²) in [4.78, 5) is 24.4. The molecule has 1 heterocycles. The summed E-state index contributed by atoms with van der Waals surface area (Å²) in [6.07, 6.45) is 5.69. The van der Waals surface area contributed by atoms with Crippen LogP contribution in [-0.2, 0) is 27.2 Å². The van der Waals surface area contributed by atoms with Gasteiger partial charge in [-0.3, -0.25) is 0 Å². The van der Waals surface area contributed by atoms with Gasteiger partial charge in [-0.1, -0.05) is 19.1 Å². The van der Waals surface area contributed by atoms with E-state index in [0.717, 1.165) is 40.6 Å². The van der Waals surface area contributed by atoms with E-state index in [1.165, 1.54) is 7.11 Å². The Kier molecular flexibility index (Phi) is 8.05. The Labute approximate surface area is 207 Å². The lowest BCUT2D eigenvalue weighted by molar-refractivity contribution is -0.149. The largest absolute Gasteiger partial charge is 0.496 e. The van der Waals surface area contributed by atoms with E-state index in [0.29, 0.717) is 23.3 Å². The summed E-state index contributed by atoms with van der Waals surface area (Å²) < 4.78 is 18.2. The minimum Gasteiger partial charge on any atom is -0.496 e. The number of carbonyl (C=O) groups is 2. The highest BCUT2D eigenvalue weighted by Gasteiger charge is 2.18. The third kappa shape index (κ3) is 6.32. The van der Waals surface area contributed by atoms with Crippen LogP contribution in [-0.4, -0.2) is 36.3 Å². The van der Waals surface area contributed by atoms with Gasteiger partial charge < -0.3 is 18.8 Å². The van der Waals surface area contributed by atoms with Gasteiger partial charge in [0, 0.05) is 35.6 Å². The third-order valence-electron chi connectivity index (χ3n) is 5.65. The van der Waals surface area contributed by atoms with Crippen LogP contribution in [0.1, 0.15) is 68.1 Å². The van der Waals surface area contributed by atoms with Crippen molar-refractivity contribution >= 4 is 28.9 Å². The van der Waals surface area contributed by atoms with Crippen molar-refractivity contribution in [1.82, 2.24) is 4.57 Å². The summed E-state index contributed by atoms with van der Waals surface area (Å²) in [5, 5.41) is 1.11. The molecule has 6 nitrogen and oxygen atoms in total. The Morgan fingerprint density at radius 3 is 2.40 bits per heavy atom. The molecule has 2 aromatic carbocycles. The molecule has 0 N–H and O–H groups in total. The van der Waals surface area contributed by atoms with Gasteiger partial charge in [0.15, 0.2) is 0 Å². The number of fused-ring (bicyclic) bond motifs is 1. The van der Waals surface area contributed by atoms with E-state index < -0.39 is 11.6 Å². The average Bonchev–Trinajstić information content (AvgIpc) is 3.14. The number of esters is 2. The second-order valence-electron chi connectivity index (χ2n) is 9.65. The molecule has 0 saturated carbocycles. The molecule has 186 valence electrons. The van der Waals surface area contributed by atoms with E-state index in [4.69, 9.17) is 14.2 Å². The zero-order chi connectivity index (χ0) is 25.8. The maximum absolute atomic E-state index is 12.5. The highest BCUT2D eigenvalue weighted by atomic mass is 16.6. The number of benzene rings is 2. The molecule has 0 aliphatic carbocycles. The fourth-order valence-corrected chi connectivity index (χ4v) is 4.05. The summed E-state index contributed by atoms with van der Waals surface area (Å²) in [7, 11) is 2.96. The molecule has 6 heteroatoms. The second kappa shape index (κ2) is 10.8. The first-order valence-corrected chi connectivity index (χ1v) is 11.8. The van der Waals surface area contributed by atoms with Crippen molar-refractivity contribution in [2.75, 3.05) is 14.2 Å². The van der Waals surface area contributed by atoms with Crippen molar-refractivity contribution in [2.24, 2.45) is 0 Å². The summed E-state index contributed by atoms with van der Waals surface area (Å²) in [5.74, 6) is -0.0795. The van der Waals surface area contributed by atoms with Crippen LogP contribution in [0.3, 0.4) is 0 Å². The molecule has 35 heavy (non-hydrogen) atoms. The quantitative estimate of drug-likeness (QED) is 0.286. The molecular weight excluding hydrogens is 442 g/mol. The zero-order valence-corrected chi connectivity index (χ0v) is 21.7. The number of hydrogen-bond acceptors (Lipinski definition) is 5. The first-order chi connectivity index (χ1) is 16.6. The summed E-state index contributed by atoms with van der Waals surface area (Å²) in [6.45, 7) is 10.4. The molecule has 0 aliphatic heterocycles. The molecule has 0 saturated heterocycles. The Morgan fingerprint density at radius 2 is 1.77 bits per heavy atom. The predicted molar refractivity (Wildman–Crippen MR) is 139 cm³/mol. The number of hydrogen-bond donors (Lipinski definition) is 0. The SMILES string of the molecule is CCCn1cc(Cc2ccc(C(=O)OC)cc2OC)c2cc(C=C(C)C(=O)OC(C)(C)C)ccc21. The van der Waals surface area contributed by atoms with Crippen molar-refractivity contribution < 1.29 is 23.8 Å². The molecule has 0 spiro atoms. The Balaban J connectivity index is 2.02. The van der Waals surface area contributed by atoms with Crippen molar-refractivity contribution in [3.8, 4) is 5.75 Å². The lowest BCUT2D eigenvalue weighted by atomic mass is 10.00. The van der Waals surface area contributed by atoms with Crippen LogP contribution in [0.5, 0.6) is 5.75 Å². The summed E-state index contributed by atoms with van der Waals surface area (Å²) in [5.41, 5.74) is 4.65. The van der Waals surface area contributed by atoms with E-state index in [-0.39, 0.29) is 5.97 Å². The first-order valence-electron chi connectivity index (χ1n) is 11.8. The topological polar surface area (TPSA) is 66.8 Å². The normalized spacial score (nSPS) is 12.0. The number of aryl methyl sites for hydroxylation is 1. The standard InChI is InChI=1S/C29H35NO5/c1-8-13-30-18-23(16-21-10-11-22(28(32)34-7)17-26(21)33-6)24-15-20(9-12-25(24)30)14-19(2)27(31)35-29(3,4)5/h9-12,14-15,17-18H,8,13,16H2,1-7H3. The molecule has 3 rings (SSSR count). The molecule has 0 aliphatic rings. The summed E-state index contributed by atoms with van der Waals surface area (Å²) in [6, 6.07) is 11.6. The van der Waals surface area contributed by atoms with E-state index in [1.807, 2.05) is 39.0 Å². The zero-order valence-electron chi connectivity index (χ0n) is 21.7. The van der Waals surface area contributed by atoms with Crippen LogP contribution in [0.4, 0.5) is 0 Å². The van der Waals surface area contributed by atoms with Gasteiger partial charge in [0.05, 0.1) is 19.8 Å². The molecule has 0 amide bonds. The number of nitrogens with zero attached hydrogens (tertiary/aromatic N) is 1. The van der Waals surface area contributed by atoms with Gasteiger partial charge in [-0.15, -0.1) is 0 Å². The van der Waals surface area contributed by atoms with Crippen LogP contribution in [0, 0.1) is 0 Å². The van der Waals surface area contributed by atoms with Crippen LogP contribution < -0.4 is 4.74 Å². The monoisotopic (exact) mass is 477 g/mol. The molecule has 0 fully saturated rings. The Morgan fingerprint density at radius 1 is 1.03 bits per heavy atom. The van der Waals surface area contributed by atoms with Crippen molar-refractivity contribution in [3.63, 3.8) is 0 Å². The fourth-order valence-electron chi connectivity index (χ4n) is 4.05. The van der Waals surface area contributed by atoms with Gasteiger partial charge in [0.1, 0.15) is 11.4 Å². The second-order valence-corrected chi connectivity index (χ2v) is 9.65. The number of aromatic nitrogens is 1. The summed E-state index contributed by atoms with van der Waals surface area (Å²) >= 11 is 0. The molecule has 1 aromatic heterocycles. The van der Waals surface area contributed by atoms with Crippen molar-refractivity contribution in [2.45, 2.75) is 59.6 Å². The number of rotatable bonds is 8. The van der Waals surface area contributed by atoms with E-state index in [9.17, 15) is 9.59 Å². The van der Waals surface area contributed by atoms with Gasteiger partial charge >= 0.3 is 11.9 Å². The van der Waals surface area contributed by atoms with Gasteiger partial charge in [0.2, 0.25) is 0 Å². The van der Waals surface area contributed by atoms with E-state index in [2.05, 4.69) is 29.8 Å². The van der Waals surface area contributed by atoms with E-state index >= 15 is 0 Å². The maximum atomic E-state index is 12.5. The predicted octanol–water partition coefficient (Wildman–Crippen LogP) is 6.18. The minimum absolute atomic E-state index is 0.322. The minimum atomic E-state index is -0.539. The van der Waals surface area contributed by atoms with Gasteiger partial charge in [-0.05, 0) is 81.1 Å². The average molecular weight is 478 g/mol.